The lowest BCUT2D eigenvalue weighted by Crippen LogP contribution is -2.18. The van der Waals surface area contributed by atoms with E-state index in [1.54, 1.807) is 24.3 Å². The molecule has 0 radical (unpaired) electrons. The highest BCUT2D eigenvalue weighted by molar-refractivity contribution is 6.33. The van der Waals surface area contributed by atoms with Gasteiger partial charge in [-0.1, -0.05) is 29.8 Å². The van der Waals surface area contributed by atoms with E-state index in [1.165, 1.54) is 25.5 Å². The summed E-state index contributed by atoms with van der Waals surface area (Å²) in [6.45, 7) is -0.623. The van der Waals surface area contributed by atoms with Gasteiger partial charge in [0.15, 0.2) is 0 Å². The Hall–Kier alpha value is -2.41. The van der Waals surface area contributed by atoms with E-state index < -0.39 is 5.91 Å². The molecule has 0 aliphatic heterocycles. The van der Waals surface area contributed by atoms with Crippen LogP contribution in [-0.4, -0.2) is 29.4 Å². The van der Waals surface area contributed by atoms with E-state index in [9.17, 15) is 15.0 Å². The van der Waals surface area contributed by atoms with Gasteiger partial charge in [0.2, 0.25) is 0 Å². The first-order valence-electron chi connectivity index (χ1n) is 7.10. The van der Waals surface area contributed by atoms with Crippen LogP contribution >= 0.6 is 11.6 Å². The van der Waals surface area contributed by atoms with Crippen molar-refractivity contribution < 1.29 is 19.7 Å². The summed E-state index contributed by atoms with van der Waals surface area (Å²) < 4.78 is 5.15. The molecule has 0 bridgehead atoms. The number of hydrazone groups is 1. The number of nitrogens with one attached hydrogen (secondary N) is 1. The highest BCUT2D eigenvalue weighted by Crippen LogP contribution is 2.25. The number of halogens is 1. The summed E-state index contributed by atoms with van der Waals surface area (Å²) in [5.74, 6) is -0.153. The summed E-state index contributed by atoms with van der Waals surface area (Å²) in [7, 11) is 1.42. The largest absolute Gasteiger partial charge is 0.496 e. The molecule has 6 nitrogen and oxygen atoms in total. The molecule has 0 fully saturated rings. The molecule has 0 saturated heterocycles. The van der Waals surface area contributed by atoms with Gasteiger partial charge in [-0.3, -0.25) is 4.79 Å². The van der Waals surface area contributed by atoms with Gasteiger partial charge in [0, 0.05) is 21.7 Å². The smallest absolute Gasteiger partial charge is 0.271 e. The summed E-state index contributed by atoms with van der Waals surface area (Å²) in [6.07, 6.45) is 1.44. The second-order valence-electron chi connectivity index (χ2n) is 4.85. The van der Waals surface area contributed by atoms with Crippen molar-refractivity contribution in [1.82, 2.24) is 5.43 Å². The number of aliphatic hydroxyl groups is 2. The highest BCUT2D eigenvalue weighted by atomic mass is 35.5. The Balaban J connectivity index is 2.19. The fourth-order valence-corrected chi connectivity index (χ4v) is 2.33. The maximum atomic E-state index is 12.2. The molecule has 7 heteroatoms. The topological polar surface area (TPSA) is 91.2 Å². The Morgan fingerprint density at radius 1 is 1.29 bits per heavy atom. The predicted octanol–water partition coefficient (Wildman–Crippen LogP) is 2.10. The molecular formula is C17H17ClN2O4. The van der Waals surface area contributed by atoms with Gasteiger partial charge in [0.25, 0.3) is 5.91 Å². The zero-order chi connectivity index (χ0) is 17.5. The van der Waals surface area contributed by atoms with Crippen LogP contribution in [0, 0.1) is 0 Å². The van der Waals surface area contributed by atoms with Crippen molar-refractivity contribution in [3.63, 3.8) is 0 Å². The number of carbonyl (C=O) groups is 1. The number of hydrogen-bond donors (Lipinski definition) is 3. The average Bonchev–Trinajstić information content (AvgIpc) is 2.61. The van der Waals surface area contributed by atoms with Crippen LogP contribution in [0.2, 0.25) is 5.02 Å². The lowest BCUT2D eigenvalue weighted by atomic mass is 10.0. The zero-order valence-electron chi connectivity index (χ0n) is 13.0. The summed E-state index contributed by atoms with van der Waals surface area (Å²) in [4.78, 5) is 12.2. The Morgan fingerprint density at radius 2 is 2.04 bits per heavy atom. The second-order valence-corrected chi connectivity index (χ2v) is 5.26. The molecule has 0 aromatic heterocycles. The van der Waals surface area contributed by atoms with Crippen LogP contribution < -0.4 is 10.2 Å². The van der Waals surface area contributed by atoms with Gasteiger partial charge in [-0.2, -0.15) is 5.10 Å². The molecule has 0 aliphatic rings. The highest BCUT2D eigenvalue weighted by Gasteiger charge is 2.14. The maximum Gasteiger partial charge on any atom is 0.271 e. The fraction of sp³-hybridized carbons (Fsp3) is 0.176. The molecule has 0 unspecified atom stereocenters. The quantitative estimate of drug-likeness (QED) is 0.550. The van der Waals surface area contributed by atoms with Crippen molar-refractivity contribution in [1.29, 1.82) is 0 Å². The monoisotopic (exact) mass is 348 g/mol. The van der Waals surface area contributed by atoms with Gasteiger partial charge in [-0.25, -0.2) is 5.43 Å². The van der Waals surface area contributed by atoms with Crippen molar-refractivity contribution in [2.24, 2.45) is 5.10 Å². The van der Waals surface area contributed by atoms with E-state index in [1.807, 2.05) is 0 Å². The molecule has 24 heavy (non-hydrogen) atoms. The van der Waals surface area contributed by atoms with Gasteiger partial charge in [0.1, 0.15) is 5.75 Å². The van der Waals surface area contributed by atoms with Crippen LogP contribution in [-0.2, 0) is 13.2 Å². The van der Waals surface area contributed by atoms with Gasteiger partial charge in [0.05, 0.1) is 26.5 Å². The third-order valence-corrected chi connectivity index (χ3v) is 3.73. The molecular weight excluding hydrogens is 332 g/mol. The Morgan fingerprint density at radius 3 is 2.67 bits per heavy atom. The number of amides is 1. The molecule has 0 aliphatic carbocycles. The lowest BCUT2D eigenvalue weighted by molar-refractivity contribution is 0.0954. The standard InChI is InChI=1S/C17H17ClN2O4/c1-24-16-7-12(6-13(9-21)14(16)10-22)17(23)20-19-8-11-4-2-3-5-15(11)18/h2-8,21-22H,9-10H2,1H3,(H,20,23)/b19-8+. The molecule has 0 saturated carbocycles. The molecule has 126 valence electrons. The fourth-order valence-electron chi connectivity index (χ4n) is 2.14. The average molecular weight is 349 g/mol. The Labute approximate surface area is 144 Å². The summed E-state index contributed by atoms with van der Waals surface area (Å²) in [6, 6.07) is 10.0. The van der Waals surface area contributed by atoms with Crippen LogP contribution in [0.1, 0.15) is 27.0 Å². The number of aliphatic hydroxyl groups excluding tert-OH is 2. The number of methoxy groups -OCH3 is 1. The molecule has 3 N–H and O–H groups in total. The van der Waals surface area contributed by atoms with Gasteiger partial charge in [-0.15, -0.1) is 0 Å². The first-order chi connectivity index (χ1) is 11.6. The minimum Gasteiger partial charge on any atom is -0.496 e. The maximum absolute atomic E-state index is 12.2. The molecule has 2 aromatic carbocycles. The number of ether oxygens (including phenoxy) is 1. The first kappa shape index (κ1) is 17.9. The zero-order valence-corrected chi connectivity index (χ0v) is 13.7. The summed E-state index contributed by atoms with van der Waals surface area (Å²) in [5, 5.41) is 23.1. The third kappa shape index (κ3) is 4.11. The molecule has 2 rings (SSSR count). The summed E-state index contributed by atoms with van der Waals surface area (Å²) in [5.41, 5.74) is 4.17. The SMILES string of the molecule is COc1cc(C(=O)N/N=C/c2ccccc2Cl)cc(CO)c1CO. The van der Waals surface area contributed by atoms with Crippen LogP contribution in [0.25, 0.3) is 0 Å². The van der Waals surface area contributed by atoms with Crippen molar-refractivity contribution in [2.75, 3.05) is 7.11 Å². The van der Waals surface area contributed by atoms with E-state index in [0.717, 1.165) is 0 Å². The van der Waals surface area contributed by atoms with Gasteiger partial charge < -0.3 is 14.9 Å². The third-order valence-electron chi connectivity index (χ3n) is 3.39. The number of hydrogen-bond acceptors (Lipinski definition) is 5. The molecule has 2 aromatic rings. The molecule has 0 heterocycles. The first-order valence-corrected chi connectivity index (χ1v) is 7.48. The van der Waals surface area contributed by atoms with Crippen LogP contribution in [0.5, 0.6) is 5.75 Å². The Kier molecular flexibility index (Phi) is 6.31. The molecule has 0 spiro atoms. The van der Waals surface area contributed by atoms with E-state index in [0.29, 0.717) is 27.5 Å². The number of carbonyl (C=O) groups excluding carboxylic acids is 1. The van der Waals surface area contributed by atoms with Gasteiger partial charge in [-0.05, 0) is 23.8 Å². The summed E-state index contributed by atoms with van der Waals surface area (Å²) >= 11 is 6.00. The van der Waals surface area contributed by atoms with Crippen molar-refractivity contribution >= 4 is 23.7 Å². The number of benzene rings is 2. The predicted molar refractivity (Wildman–Crippen MR) is 91.4 cm³/mol. The van der Waals surface area contributed by atoms with E-state index in [-0.39, 0.29) is 18.8 Å². The number of nitrogens with zero attached hydrogens (tertiary/aromatic N) is 1. The van der Waals surface area contributed by atoms with Crippen LogP contribution in [0.4, 0.5) is 0 Å². The molecule has 0 atom stereocenters. The van der Waals surface area contributed by atoms with E-state index in [4.69, 9.17) is 16.3 Å². The van der Waals surface area contributed by atoms with Crippen LogP contribution in [0.15, 0.2) is 41.5 Å². The molecule has 1 amide bonds. The number of rotatable bonds is 6. The minimum absolute atomic E-state index is 0.254. The van der Waals surface area contributed by atoms with E-state index in [2.05, 4.69) is 10.5 Å². The van der Waals surface area contributed by atoms with Crippen molar-refractivity contribution in [2.45, 2.75) is 13.2 Å². The van der Waals surface area contributed by atoms with Crippen molar-refractivity contribution in [3.05, 3.63) is 63.7 Å². The Bertz CT molecular complexity index is 737. The van der Waals surface area contributed by atoms with Crippen LogP contribution in [0.3, 0.4) is 0 Å². The minimum atomic E-state index is -0.476. The second kappa shape index (κ2) is 8.44. The lowest BCUT2D eigenvalue weighted by Gasteiger charge is -2.12. The van der Waals surface area contributed by atoms with E-state index >= 15 is 0 Å². The normalized spacial score (nSPS) is 10.8. The van der Waals surface area contributed by atoms with Gasteiger partial charge >= 0.3 is 0 Å². The van der Waals surface area contributed by atoms with Crippen molar-refractivity contribution in [3.8, 4) is 5.75 Å².